The normalized spacial score (nSPS) is 15.5. The van der Waals surface area contributed by atoms with E-state index in [0.717, 1.165) is 12.1 Å². The van der Waals surface area contributed by atoms with E-state index in [1.807, 2.05) is 11.0 Å². The van der Waals surface area contributed by atoms with Crippen LogP contribution in [0.25, 0.3) is 0 Å². The lowest BCUT2D eigenvalue weighted by Gasteiger charge is -2.26. The van der Waals surface area contributed by atoms with Crippen molar-refractivity contribution in [3.8, 4) is 0 Å². The lowest BCUT2D eigenvalue weighted by Crippen LogP contribution is -2.44. The predicted octanol–water partition coefficient (Wildman–Crippen LogP) is 0.592. The number of morpholine rings is 1. The number of rotatable bonds is 5. The molecule has 1 saturated heterocycles. The molecule has 2 heterocycles. The van der Waals surface area contributed by atoms with Crippen molar-refractivity contribution in [2.45, 2.75) is 19.9 Å². The summed E-state index contributed by atoms with van der Waals surface area (Å²) in [6, 6.07) is 4.02. The monoisotopic (exact) mass is 263 g/mol. The zero-order valence-corrected chi connectivity index (χ0v) is 11.4. The highest BCUT2D eigenvalue weighted by molar-refractivity contribution is 5.78. The fourth-order valence-corrected chi connectivity index (χ4v) is 2.16. The van der Waals surface area contributed by atoms with Gasteiger partial charge in [0.15, 0.2) is 0 Å². The van der Waals surface area contributed by atoms with Crippen LogP contribution in [-0.2, 0) is 22.5 Å². The summed E-state index contributed by atoms with van der Waals surface area (Å²) in [5.41, 5.74) is 2.26. The highest BCUT2D eigenvalue weighted by Crippen LogP contribution is 2.05. The van der Waals surface area contributed by atoms with Gasteiger partial charge in [-0.1, -0.05) is 13.0 Å². The van der Waals surface area contributed by atoms with Crippen LogP contribution in [-0.4, -0.2) is 48.6 Å². The average Bonchev–Trinajstić information content (AvgIpc) is 2.48. The molecule has 104 valence electrons. The summed E-state index contributed by atoms with van der Waals surface area (Å²) in [5, 5.41) is 3.18. The van der Waals surface area contributed by atoms with Gasteiger partial charge in [-0.05, 0) is 18.1 Å². The Morgan fingerprint density at radius 1 is 1.47 bits per heavy atom. The van der Waals surface area contributed by atoms with Gasteiger partial charge in [0, 0.05) is 25.8 Å². The zero-order chi connectivity index (χ0) is 13.5. The van der Waals surface area contributed by atoms with Gasteiger partial charge in [-0.3, -0.25) is 9.78 Å². The summed E-state index contributed by atoms with van der Waals surface area (Å²) in [6.45, 7) is 5.80. The molecular formula is C14H21N3O2. The van der Waals surface area contributed by atoms with Crippen molar-refractivity contribution in [3.63, 3.8) is 0 Å². The van der Waals surface area contributed by atoms with Crippen LogP contribution in [0, 0.1) is 0 Å². The Hall–Kier alpha value is -1.46. The first-order valence-electron chi connectivity index (χ1n) is 6.80. The second-order valence-electron chi connectivity index (χ2n) is 4.56. The number of aryl methyl sites for hydroxylation is 1. The SMILES string of the molecule is CCc1cccnc1CNCC(=O)N1CCOCC1. The molecular weight excluding hydrogens is 242 g/mol. The van der Waals surface area contributed by atoms with Gasteiger partial charge in [0.2, 0.25) is 5.91 Å². The minimum absolute atomic E-state index is 0.136. The van der Waals surface area contributed by atoms with E-state index >= 15 is 0 Å². The minimum Gasteiger partial charge on any atom is -0.378 e. The van der Waals surface area contributed by atoms with E-state index in [4.69, 9.17) is 4.74 Å². The number of amides is 1. The van der Waals surface area contributed by atoms with E-state index in [0.29, 0.717) is 39.4 Å². The molecule has 2 rings (SSSR count). The van der Waals surface area contributed by atoms with Gasteiger partial charge in [0.25, 0.3) is 0 Å². The molecule has 5 nitrogen and oxygen atoms in total. The molecule has 0 saturated carbocycles. The Morgan fingerprint density at radius 2 is 2.26 bits per heavy atom. The number of carbonyl (C=O) groups excluding carboxylic acids is 1. The first-order chi connectivity index (χ1) is 9.31. The topological polar surface area (TPSA) is 54.5 Å². The third kappa shape index (κ3) is 4.01. The predicted molar refractivity (Wildman–Crippen MR) is 72.7 cm³/mol. The van der Waals surface area contributed by atoms with Crippen LogP contribution in [0.1, 0.15) is 18.2 Å². The Labute approximate surface area is 114 Å². The molecule has 1 aromatic rings. The van der Waals surface area contributed by atoms with Crippen LogP contribution in [0.15, 0.2) is 18.3 Å². The van der Waals surface area contributed by atoms with Gasteiger partial charge in [0.1, 0.15) is 0 Å². The summed E-state index contributed by atoms with van der Waals surface area (Å²) in [5.74, 6) is 0.136. The number of nitrogens with one attached hydrogen (secondary N) is 1. The van der Waals surface area contributed by atoms with Crippen molar-refractivity contribution >= 4 is 5.91 Å². The number of aromatic nitrogens is 1. The lowest BCUT2D eigenvalue weighted by atomic mass is 10.1. The largest absolute Gasteiger partial charge is 0.378 e. The van der Waals surface area contributed by atoms with Gasteiger partial charge in [-0.2, -0.15) is 0 Å². The molecule has 1 aliphatic rings. The van der Waals surface area contributed by atoms with E-state index in [2.05, 4.69) is 23.3 Å². The Bertz CT molecular complexity index is 417. The molecule has 5 heteroatoms. The third-order valence-electron chi connectivity index (χ3n) is 3.30. The molecule has 0 aliphatic carbocycles. The fourth-order valence-electron chi connectivity index (χ4n) is 2.16. The van der Waals surface area contributed by atoms with Gasteiger partial charge in [-0.25, -0.2) is 0 Å². The molecule has 0 atom stereocenters. The van der Waals surface area contributed by atoms with Crippen molar-refractivity contribution in [3.05, 3.63) is 29.6 Å². The second kappa shape index (κ2) is 7.21. The van der Waals surface area contributed by atoms with E-state index < -0.39 is 0 Å². The van der Waals surface area contributed by atoms with Crippen LogP contribution < -0.4 is 5.32 Å². The minimum atomic E-state index is 0.136. The highest BCUT2D eigenvalue weighted by Gasteiger charge is 2.16. The number of hydrogen-bond donors (Lipinski definition) is 1. The van der Waals surface area contributed by atoms with Gasteiger partial charge >= 0.3 is 0 Å². The number of nitrogens with zero attached hydrogens (tertiary/aromatic N) is 2. The highest BCUT2D eigenvalue weighted by atomic mass is 16.5. The van der Waals surface area contributed by atoms with Crippen LogP contribution >= 0.6 is 0 Å². The number of ether oxygens (including phenoxy) is 1. The first-order valence-corrected chi connectivity index (χ1v) is 6.80. The van der Waals surface area contributed by atoms with E-state index in [1.165, 1.54) is 5.56 Å². The number of pyridine rings is 1. The summed E-state index contributed by atoms with van der Waals surface area (Å²) in [6.07, 6.45) is 2.75. The maximum absolute atomic E-state index is 11.9. The molecule has 1 aliphatic heterocycles. The average molecular weight is 263 g/mol. The summed E-state index contributed by atoms with van der Waals surface area (Å²) in [7, 11) is 0. The Balaban J connectivity index is 1.78. The molecule has 0 radical (unpaired) electrons. The van der Waals surface area contributed by atoms with Crippen molar-refractivity contribution in [1.29, 1.82) is 0 Å². The molecule has 0 spiro atoms. The zero-order valence-electron chi connectivity index (χ0n) is 11.4. The third-order valence-corrected chi connectivity index (χ3v) is 3.30. The van der Waals surface area contributed by atoms with Crippen LogP contribution in [0.3, 0.4) is 0 Å². The number of carbonyl (C=O) groups is 1. The van der Waals surface area contributed by atoms with Gasteiger partial charge < -0.3 is 15.0 Å². The molecule has 0 unspecified atom stereocenters. The molecule has 1 aromatic heterocycles. The van der Waals surface area contributed by atoms with Crippen molar-refractivity contribution in [1.82, 2.24) is 15.2 Å². The maximum atomic E-state index is 11.9. The molecule has 0 aromatic carbocycles. The fraction of sp³-hybridized carbons (Fsp3) is 0.571. The van der Waals surface area contributed by atoms with Crippen molar-refractivity contribution < 1.29 is 9.53 Å². The summed E-state index contributed by atoms with van der Waals surface area (Å²) >= 11 is 0. The maximum Gasteiger partial charge on any atom is 0.236 e. The first kappa shape index (κ1) is 14.0. The molecule has 19 heavy (non-hydrogen) atoms. The van der Waals surface area contributed by atoms with Crippen LogP contribution in [0.4, 0.5) is 0 Å². The number of hydrogen-bond acceptors (Lipinski definition) is 4. The molecule has 1 amide bonds. The molecule has 0 bridgehead atoms. The van der Waals surface area contributed by atoms with E-state index in [1.54, 1.807) is 6.20 Å². The van der Waals surface area contributed by atoms with Crippen molar-refractivity contribution in [2.75, 3.05) is 32.8 Å². The lowest BCUT2D eigenvalue weighted by molar-refractivity contribution is -0.134. The smallest absolute Gasteiger partial charge is 0.236 e. The van der Waals surface area contributed by atoms with Crippen LogP contribution in [0.2, 0.25) is 0 Å². The summed E-state index contributed by atoms with van der Waals surface area (Å²) < 4.78 is 5.23. The van der Waals surface area contributed by atoms with Crippen molar-refractivity contribution in [2.24, 2.45) is 0 Å². The molecule has 1 N–H and O–H groups in total. The van der Waals surface area contributed by atoms with E-state index in [-0.39, 0.29) is 5.91 Å². The van der Waals surface area contributed by atoms with Gasteiger partial charge in [-0.15, -0.1) is 0 Å². The van der Waals surface area contributed by atoms with Gasteiger partial charge in [0.05, 0.1) is 25.5 Å². The van der Waals surface area contributed by atoms with Crippen LogP contribution in [0.5, 0.6) is 0 Å². The summed E-state index contributed by atoms with van der Waals surface area (Å²) in [4.78, 5) is 18.1. The Morgan fingerprint density at radius 3 is 3.00 bits per heavy atom. The molecule has 1 fully saturated rings. The van der Waals surface area contributed by atoms with E-state index in [9.17, 15) is 4.79 Å². The standard InChI is InChI=1S/C14H21N3O2/c1-2-12-4-3-5-16-13(12)10-15-11-14(18)17-6-8-19-9-7-17/h3-5,15H,2,6-11H2,1H3. The Kier molecular flexibility index (Phi) is 5.30. The quantitative estimate of drug-likeness (QED) is 0.845. The second-order valence-corrected chi connectivity index (χ2v) is 4.56.